The van der Waals surface area contributed by atoms with Crippen LogP contribution < -0.4 is 0 Å². The van der Waals surface area contributed by atoms with Crippen molar-refractivity contribution in [2.24, 2.45) is 5.41 Å². The Hall–Kier alpha value is -0.900. The Labute approximate surface area is 115 Å². The van der Waals surface area contributed by atoms with Gasteiger partial charge in [0.2, 0.25) is 0 Å². The fourth-order valence-electron chi connectivity index (χ4n) is 2.36. The van der Waals surface area contributed by atoms with Crippen molar-refractivity contribution in [3.8, 4) is 0 Å². The molecule has 106 valence electrons. The average Bonchev–Trinajstić information content (AvgIpc) is 2.41. The summed E-state index contributed by atoms with van der Waals surface area (Å²) in [7, 11) is 0. The molecule has 1 aliphatic rings. The van der Waals surface area contributed by atoms with Gasteiger partial charge in [-0.15, -0.1) is 0 Å². The highest BCUT2D eigenvalue weighted by atomic mass is 16.7. The highest BCUT2D eigenvalue weighted by Crippen LogP contribution is 2.36. The van der Waals surface area contributed by atoms with Crippen molar-refractivity contribution in [2.75, 3.05) is 13.2 Å². The summed E-state index contributed by atoms with van der Waals surface area (Å²) in [6, 6.07) is 10.3. The second-order valence-electron chi connectivity index (χ2n) is 6.19. The maximum Gasteiger partial charge on any atom is 0.166 e. The van der Waals surface area contributed by atoms with Crippen LogP contribution in [0.2, 0.25) is 0 Å². The summed E-state index contributed by atoms with van der Waals surface area (Å²) in [6.07, 6.45) is 1.54. The summed E-state index contributed by atoms with van der Waals surface area (Å²) in [5.41, 5.74) is 1.14. The van der Waals surface area contributed by atoms with Gasteiger partial charge in [0.15, 0.2) is 5.79 Å². The summed E-state index contributed by atoms with van der Waals surface area (Å²) in [5.74, 6) is -0.598. The van der Waals surface area contributed by atoms with Gasteiger partial charge < -0.3 is 14.6 Å². The number of aliphatic hydroxyl groups is 1. The number of aliphatic hydroxyl groups excluding tert-OH is 1. The quantitative estimate of drug-likeness (QED) is 0.909. The van der Waals surface area contributed by atoms with E-state index < -0.39 is 5.79 Å². The van der Waals surface area contributed by atoms with Gasteiger partial charge in [0.05, 0.1) is 19.3 Å². The van der Waals surface area contributed by atoms with E-state index in [9.17, 15) is 5.11 Å². The highest BCUT2D eigenvalue weighted by Gasteiger charge is 2.43. The summed E-state index contributed by atoms with van der Waals surface area (Å²) in [6.45, 7) is 6.74. The lowest BCUT2D eigenvalue weighted by Gasteiger charge is -2.46. The molecule has 2 atom stereocenters. The molecule has 0 aliphatic carbocycles. The van der Waals surface area contributed by atoms with Gasteiger partial charge in [-0.25, -0.2) is 0 Å². The van der Waals surface area contributed by atoms with E-state index in [1.807, 2.05) is 25.1 Å². The van der Waals surface area contributed by atoms with Crippen LogP contribution >= 0.6 is 0 Å². The molecule has 0 aromatic heterocycles. The first-order valence-corrected chi connectivity index (χ1v) is 6.92. The molecule has 1 aliphatic heterocycles. The summed E-state index contributed by atoms with van der Waals surface area (Å²) < 4.78 is 11.9. The van der Waals surface area contributed by atoms with Gasteiger partial charge in [0.1, 0.15) is 0 Å². The predicted octanol–water partition coefficient (Wildman–Crippen LogP) is 2.77. The van der Waals surface area contributed by atoms with Crippen molar-refractivity contribution in [2.45, 2.75) is 45.5 Å². The van der Waals surface area contributed by atoms with Gasteiger partial charge in [-0.05, 0) is 18.9 Å². The monoisotopic (exact) mass is 264 g/mol. The van der Waals surface area contributed by atoms with E-state index in [-0.39, 0.29) is 18.1 Å². The average molecular weight is 264 g/mol. The van der Waals surface area contributed by atoms with Crippen molar-refractivity contribution in [1.82, 2.24) is 0 Å². The molecule has 2 unspecified atom stereocenters. The standard InChI is InChI=1S/C16H24O3/c1-15(2)12-18-16(3,19-14(15)11-17)10-9-13-7-5-4-6-8-13/h4-8,14,17H,9-12H2,1-3H3. The molecule has 2 rings (SSSR count). The first kappa shape index (κ1) is 14.5. The Balaban J connectivity index is 1.96. The number of ether oxygens (including phenoxy) is 2. The van der Waals surface area contributed by atoms with Crippen LogP contribution in [-0.2, 0) is 15.9 Å². The van der Waals surface area contributed by atoms with Crippen LogP contribution in [0.25, 0.3) is 0 Å². The van der Waals surface area contributed by atoms with E-state index >= 15 is 0 Å². The van der Waals surface area contributed by atoms with E-state index in [4.69, 9.17) is 9.47 Å². The Morgan fingerprint density at radius 2 is 1.89 bits per heavy atom. The predicted molar refractivity (Wildman–Crippen MR) is 74.9 cm³/mol. The van der Waals surface area contributed by atoms with Gasteiger partial charge in [-0.1, -0.05) is 44.2 Å². The van der Waals surface area contributed by atoms with Crippen molar-refractivity contribution in [3.63, 3.8) is 0 Å². The molecule has 3 nitrogen and oxygen atoms in total. The minimum atomic E-state index is -0.598. The van der Waals surface area contributed by atoms with Crippen LogP contribution in [-0.4, -0.2) is 30.2 Å². The minimum absolute atomic E-state index is 0.0390. The molecule has 0 bridgehead atoms. The Morgan fingerprint density at radius 3 is 2.53 bits per heavy atom. The van der Waals surface area contributed by atoms with Gasteiger partial charge in [0, 0.05) is 11.8 Å². The summed E-state index contributed by atoms with van der Waals surface area (Å²) in [4.78, 5) is 0. The van der Waals surface area contributed by atoms with E-state index in [1.54, 1.807) is 0 Å². The maximum absolute atomic E-state index is 9.46. The smallest absolute Gasteiger partial charge is 0.166 e. The third-order valence-corrected chi connectivity index (χ3v) is 3.89. The van der Waals surface area contributed by atoms with Crippen molar-refractivity contribution in [3.05, 3.63) is 35.9 Å². The van der Waals surface area contributed by atoms with E-state index in [0.717, 1.165) is 12.8 Å². The molecule has 1 N–H and O–H groups in total. The molecular formula is C16H24O3. The molecule has 1 heterocycles. The second-order valence-corrected chi connectivity index (χ2v) is 6.19. The Bertz CT molecular complexity index is 402. The molecule has 1 aromatic rings. The zero-order valence-electron chi connectivity index (χ0n) is 12.1. The molecule has 1 saturated heterocycles. The molecule has 3 heteroatoms. The lowest BCUT2D eigenvalue weighted by molar-refractivity contribution is -0.327. The second kappa shape index (κ2) is 5.61. The summed E-state index contributed by atoms with van der Waals surface area (Å²) >= 11 is 0. The van der Waals surface area contributed by atoms with Crippen LogP contribution in [0.3, 0.4) is 0 Å². The number of benzene rings is 1. The topological polar surface area (TPSA) is 38.7 Å². The van der Waals surface area contributed by atoms with E-state index in [1.165, 1.54) is 5.56 Å². The lowest BCUT2D eigenvalue weighted by atomic mass is 9.86. The number of rotatable bonds is 4. The fraction of sp³-hybridized carbons (Fsp3) is 0.625. The van der Waals surface area contributed by atoms with Crippen molar-refractivity contribution in [1.29, 1.82) is 0 Å². The number of hydrogen-bond donors (Lipinski definition) is 1. The maximum atomic E-state index is 9.46. The van der Waals surface area contributed by atoms with Crippen LogP contribution in [0.5, 0.6) is 0 Å². The van der Waals surface area contributed by atoms with E-state index in [0.29, 0.717) is 6.61 Å². The lowest BCUT2D eigenvalue weighted by Crippen LogP contribution is -2.53. The zero-order chi connectivity index (χ0) is 13.9. The molecule has 0 radical (unpaired) electrons. The van der Waals surface area contributed by atoms with Gasteiger partial charge in [0.25, 0.3) is 0 Å². The Kier molecular flexibility index (Phi) is 4.29. The third-order valence-electron chi connectivity index (χ3n) is 3.89. The van der Waals surface area contributed by atoms with Crippen LogP contribution in [0, 0.1) is 5.41 Å². The molecule has 1 aromatic carbocycles. The molecule has 19 heavy (non-hydrogen) atoms. The number of aryl methyl sites for hydroxylation is 1. The largest absolute Gasteiger partial charge is 0.394 e. The zero-order valence-corrected chi connectivity index (χ0v) is 12.1. The molecule has 0 saturated carbocycles. The van der Waals surface area contributed by atoms with Crippen molar-refractivity contribution < 1.29 is 14.6 Å². The normalized spacial score (nSPS) is 30.2. The summed E-state index contributed by atoms with van der Waals surface area (Å²) in [5, 5.41) is 9.46. The SMILES string of the molecule is CC1(CCc2ccccc2)OCC(C)(C)C(CO)O1. The van der Waals surface area contributed by atoms with Crippen LogP contribution in [0.1, 0.15) is 32.8 Å². The molecule has 1 fully saturated rings. The molecule has 0 amide bonds. The van der Waals surface area contributed by atoms with Crippen LogP contribution in [0.4, 0.5) is 0 Å². The molecular weight excluding hydrogens is 240 g/mol. The highest BCUT2D eigenvalue weighted by molar-refractivity contribution is 5.14. The van der Waals surface area contributed by atoms with Crippen LogP contribution in [0.15, 0.2) is 30.3 Å². The third kappa shape index (κ3) is 3.56. The van der Waals surface area contributed by atoms with Gasteiger partial charge >= 0.3 is 0 Å². The molecule has 0 spiro atoms. The van der Waals surface area contributed by atoms with E-state index in [2.05, 4.69) is 26.0 Å². The fourth-order valence-corrected chi connectivity index (χ4v) is 2.36. The van der Waals surface area contributed by atoms with Gasteiger partial charge in [-0.3, -0.25) is 0 Å². The first-order chi connectivity index (χ1) is 8.95. The van der Waals surface area contributed by atoms with Crippen molar-refractivity contribution >= 4 is 0 Å². The minimum Gasteiger partial charge on any atom is -0.394 e. The number of hydrogen-bond acceptors (Lipinski definition) is 3. The van der Waals surface area contributed by atoms with Gasteiger partial charge in [-0.2, -0.15) is 0 Å². The first-order valence-electron chi connectivity index (χ1n) is 6.92. The Morgan fingerprint density at radius 1 is 1.21 bits per heavy atom.